The van der Waals surface area contributed by atoms with Gasteiger partial charge in [0.05, 0.1) is 17.0 Å². The smallest absolute Gasteiger partial charge is 0.269 e. The van der Waals surface area contributed by atoms with Gasteiger partial charge in [0.25, 0.3) is 11.8 Å². The van der Waals surface area contributed by atoms with Crippen LogP contribution in [0.5, 0.6) is 0 Å². The lowest BCUT2D eigenvalue weighted by atomic mass is 10.1. The van der Waals surface area contributed by atoms with Crippen molar-refractivity contribution >= 4 is 5.91 Å². The van der Waals surface area contributed by atoms with Gasteiger partial charge in [-0.15, -0.1) is 0 Å². The van der Waals surface area contributed by atoms with Crippen molar-refractivity contribution in [3.63, 3.8) is 0 Å². The van der Waals surface area contributed by atoms with Gasteiger partial charge in [0.1, 0.15) is 5.69 Å². The van der Waals surface area contributed by atoms with Crippen molar-refractivity contribution in [3.8, 4) is 22.7 Å². The van der Waals surface area contributed by atoms with Gasteiger partial charge in [-0.25, -0.2) is 0 Å². The first-order valence-electron chi connectivity index (χ1n) is 10.2. The third-order valence-corrected chi connectivity index (χ3v) is 4.91. The molecule has 0 atom stereocenters. The fourth-order valence-corrected chi connectivity index (χ4v) is 3.41. The van der Waals surface area contributed by atoms with Gasteiger partial charge >= 0.3 is 0 Å². The molecule has 4 aromatic rings. The number of nitrogens with zero attached hydrogens (tertiary/aromatic N) is 6. The van der Waals surface area contributed by atoms with E-state index in [2.05, 4.69) is 42.7 Å². The number of carbonyl (C=O) groups is 1. The average Bonchev–Trinajstić information content (AvgIpc) is 3.49. The lowest BCUT2D eigenvalue weighted by Crippen LogP contribution is -2.26. The Morgan fingerprint density at radius 3 is 2.97 bits per heavy atom. The van der Waals surface area contributed by atoms with Crippen LogP contribution < -0.4 is 5.32 Å². The molecule has 0 saturated carbocycles. The number of H-pyrrole nitrogens is 1. The first kappa shape index (κ1) is 20.5. The molecule has 4 rings (SSSR count). The summed E-state index contributed by atoms with van der Waals surface area (Å²) in [4.78, 5) is 20.9. The number of nitrogens with one attached hydrogen (secondary N) is 2. The van der Waals surface area contributed by atoms with Crippen LogP contribution in [0.3, 0.4) is 0 Å². The van der Waals surface area contributed by atoms with Gasteiger partial charge in [-0.05, 0) is 38.5 Å². The standard InChI is InChI=1S/C21H24N8O2/c1-4-10-29-14(3)19(13(2)27-29)16-11-17(26-25-16)20(30)23-9-7-18-24-21(31-28-18)15-6-5-8-22-12-15/h5-6,8,11-12H,4,7,9-10H2,1-3H3,(H,23,30)(H,25,26). The van der Waals surface area contributed by atoms with E-state index in [0.717, 1.165) is 35.5 Å². The van der Waals surface area contributed by atoms with E-state index in [1.807, 2.05) is 24.6 Å². The van der Waals surface area contributed by atoms with E-state index in [4.69, 9.17) is 4.52 Å². The van der Waals surface area contributed by atoms with Crippen molar-refractivity contribution in [2.24, 2.45) is 0 Å². The maximum atomic E-state index is 12.5. The Kier molecular flexibility index (Phi) is 5.87. The topological polar surface area (TPSA) is 127 Å². The maximum Gasteiger partial charge on any atom is 0.269 e. The number of carbonyl (C=O) groups excluding carboxylic acids is 1. The lowest BCUT2D eigenvalue weighted by molar-refractivity contribution is 0.0949. The van der Waals surface area contributed by atoms with Gasteiger partial charge in [0.15, 0.2) is 5.82 Å². The van der Waals surface area contributed by atoms with Crippen LogP contribution in [0.4, 0.5) is 0 Å². The fourth-order valence-electron chi connectivity index (χ4n) is 3.41. The monoisotopic (exact) mass is 420 g/mol. The van der Waals surface area contributed by atoms with Crippen LogP contribution in [0, 0.1) is 13.8 Å². The second-order valence-corrected chi connectivity index (χ2v) is 7.20. The van der Waals surface area contributed by atoms with E-state index in [0.29, 0.717) is 36.1 Å². The Hall–Kier alpha value is -3.82. The molecule has 0 aliphatic rings. The molecule has 0 fully saturated rings. The molecule has 0 unspecified atom stereocenters. The van der Waals surface area contributed by atoms with E-state index in [1.54, 1.807) is 24.5 Å². The molecule has 1 amide bonds. The third kappa shape index (κ3) is 4.37. The average molecular weight is 420 g/mol. The van der Waals surface area contributed by atoms with Crippen molar-refractivity contribution < 1.29 is 9.32 Å². The van der Waals surface area contributed by atoms with Gasteiger partial charge in [0, 0.05) is 43.2 Å². The van der Waals surface area contributed by atoms with Crippen LogP contribution in [0.1, 0.15) is 41.0 Å². The predicted octanol–water partition coefficient (Wildman–Crippen LogP) is 2.72. The van der Waals surface area contributed by atoms with Crippen molar-refractivity contribution in [1.82, 2.24) is 40.4 Å². The van der Waals surface area contributed by atoms with Crippen molar-refractivity contribution in [1.29, 1.82) is 0 Å². The molecular weight excluding hydrogens is 396 g/mol. The van der Waals surface area contributed by atoms with Crippen LogP contribution in [0.2, 0.25) is 0 Å². The van der Waals surface area contributed by atoms with Crippen LogP contribution in [-0.4, -0.2) is 47.6 Å². The number of amides is 1. The second-order valence-electron chi connectivity index (χ2n) is 7.20. The Morgan fingerprint density at radius 1 is 1.32 bits per heavy atom. The summed E-state index contributed by atoms with van der Waals surface area (Å²) >= 11 is 0. The van der Waals surface area contributed by atoms with Crippen molar-refractivity contribution in [2.75, 3.05) is 6.54 Å². The molecule has 0 aliphatic carbocycles. The second kappa shape index (κ2) is 8.90. The summed E-state index contributed by atoms with van der Waals surface area (Å²) in [6, 6.07) is 5.39. The highest BCUT2D eigenvalue weighted by molar-refractivity contribution is 5.93. The molecule has 0 aliphatic heterocycles. The van der Waals surface area contributed by atoms with Crippen LogP contribution in [-0.2, 0) is 13.0 Å². The normalized spacial score (nSPS) is 11.1. The van der Waals surface area contributed by atoms with E-state index in [1.165, 1.54) is 0 Å². The first-order valence-corrected chi connectivity index (χ1v) is 10.2. The number of aryl methyl sites for hydroxylation is 2. The summed E-state index contributed by atoms with van der Waals surface area (Å²) in [5.41, 5.74) is 4.75. The largest absolute Gasteiger partial charge is 0.350 e. The van der Waals surface area contributed by atoms with Gasteiger partial charge < -0.3 is 9.84 Å². The number of pyridine rings is 1. The summed E-state index contributed by atoms with van der Waals surface area (Å²) in [7, 11) is 0. The van der Waals surface area contributed by atoms with Crippen LogP contribution in [0.15, 0.2) is 35.1 Å². The molecule has 31 heavy (non-hydrogen) atoms. The minimum absolute atomic E-state index is 0.244. The fraction of sp³-hybridized carbons (Fsp3) is 0.333. The van der Waals surface area contributed by atoms with Gasteiger partial charge in [0.2, 0.25) is 0 Å². The molecule has 0 aromatic carbocycles. The van der Waals surface area contributed by atoms with Gasteiger partial charge in [-0.1, -0.05) is 12.1 Å². The van der Waals surface area contributed by atoms with Gasteiger partial charge in [-0.2, -0.15) is 15.2 Å². The van der Waals surface area contributed by atoms with E-state index in [9.17, 15) is 4.79 Å². The van der Waals surface area contributed by atoms with E-state index < -0.39 is 0 Å². The highest BCUT2D eigenvalue weighted by atomic mass is 16.5. The number of hydrogen-bond acceptors (Lipinski definition) is 7. The quantitative estimate of drug-likeness (QED) is 0.448. The summed E-state index contributed by atoms with van der Waals surface area (Å²) in [5, 5.41) is 18.5. The summed E-state index contributed by atoms with van der Waals surface area (Å²) < 4.78 is 7.22. The molecule has 10 heteroatoms. The maximum absolute atomic E-state index is 12.5. The zero-order valence-electron chi connectivity index (χ0n) is 17.7. The molecule has 4 aromatic heterocycles. The van der Waals surface area contributed by atoms with E-state index in [-0.39, 0.29) is 5.91 Å². The van der Waals surface area contributed by atoms with Crippen molar-refractivity contribution in [3.05, 3.63) is 53.5 Å². The number of aromatic amines is 1. The number of hydrogen-bond donors (Lipinski definition) is 2. The summed E-state index contributed by atoms with van der Waals surface area (Å²) in [6.45, 7) is 7.30. The van der Waals surface area contributed by atoms with Crippen LogP contribution in [0.25, 0.3) is 22.7 Å². The first-order chi connectivity index (χ1) is 15.1. The molecule has 0 saturated heterocycles. The predicted molar refractivity (Wildman–Crippen MR) is 113 cm³/mol. The minimum Gasteiger partial charge on any atom is -0.350 e. The molecular formula is C21H24N8O2. The Balaban J connectivity index is 1.36. The Labute approximate surface area is 179 Å². The highest BCUT2D eigenvalue weighted by Crippen LogP contribution is 2.26. The van der Waals surface area contributed by atoms with Gasteiger partial charge in [-0.3, -0.25) is 19.6 Å². The molecule has 4 heterocycles. The summed E-state index contributed by atoms with van der Waals surface area (Å²) in [5.74, 6) is 0.673. The van der Waals surface area contributed by atoms with E-state index >= 15 is 0 Å². The number of aromatic nitrogens is 7. The van der Waals surface area contributed by atoms with Crippen LogP contribution >= 0.6 is 0 Å². The minimum atomic E-state index is -0.244. The zero-order chi connectivity index (χ0) is 21.8. The SMILES string of the molecule is CCCn1nc(C)c(-c2cc(C(=O)NCCc3noc(-c4cccnc4)n3)[nH]n2)c1C. The zero-order valence-corrected chi connectivity index (χ0v) is 17.7. The third-order valence-electron chi connectivity index (χ3n) is 4.91. The number of rotatable bonds is 8. The highest BCUT2D eigenvalue weighted by Gasteiger charge is 2.18. The summed E-state index contributed by atoms with van der Waals surface area (Å²) in [6.07, 6.45) is 4.78. The molecule has 160 valence electrons. The molecule has 0 spiro atoms. The molecule has 10 nitrogen and oxygen atoms in total. The molecule has 2 N–H and O–H groups in total. The molecule has 0 radical (unpaired) electrons. The van der Waals surface area contributed by atoms with Crippen molar-refractivity contribution in [2.45, 2.75) is 40.2 Å². The Morgan fingerprint density at radius 2 is 2.19 bits per heavy atom. The molecule has 0 bridgehead atoms. The Bertz CT molecular complexity index is 1180. The lowest BCUT2D eigenvalue weighted by Gasteiger charge is -2.01.